The first-order valence-electron chi connectivity index (χ1n) is 6.44. The van der Waals surface area contributed by atoms with E-state index in [2.05, 4.69) is 5.32 Å². The van der Waals surface area contributed by atoms with Crippen molar-refractivity contribution >= 4 is 5.69 Å². The molecule has 0 saturated carbocycles. The van der Waals surface area contributed by atoms with E-state index in [1.807, 2.05) is 54.6 Å². The number of hydrogen-bond acceptors (Lipinski definition) is 4. The van der Waals surface area contributed by atoms with Crippen LogP contribution in [0.1, 0.15) is 0 Å². The summed E-state index contributed by atoms with van der Waals surface area (Å²) in [4.78, 5) is 0. The van der Waals surface area contributed by atoms with Crippen LogP contribution in [0.5, 0.6) is 11.5 Å². The minimum atomic E-state index is -0.270. The maximum absolute atomic E-state index is 5.78. The molecule has 1 N–H and O–H groups in total. The molecule has 0 radical (unpaired) electrons. The molecule has 0 aliphatic rings. The number of rotatable bonds is 7. The second-order valence-electron chi connectivity index (χ2n) is 4.22. The lowest BCUT2D eigenvalue weighted by atomic mass is 10.3. The van der Waals surface area contributed by atoms with Gasteiger partial charge in [0.15, 0.2) is 6.29 Å². The van der Waals surface area contributed by atoms with Crippen molar-refractivity contribution < 1.29 is 14.2 Å². The Morgan fingerprint density at radius 2 is 1.60 bits per heavy atom. The van der Waals surface area contributed by atoms with Crippen LogP contribution in [0.3, 0.4) is 0 Å². The number of nitrogens with one attached hydrogen (secondary N) is 1. The number of methoxy groups -OCH3 is 2. The van der Waals surface area contributed by atoms with Gasteiger partial charge >= 0.3 is 0 Å². The molecule has 106 valence electrons. The maximum Gasteiger partial charge on any atom is 0.173 e. The zero-order valence-corrected chi connectivity index (χ0v) is 11.7. The smallest absolute Gasteiger partial charge is 0.173 e. The highest BCUT2D eigenvalue weighted by Gasteiger charge is 2.05. The summed E-state index contributed by atoms with van der Waals surface area (Å²) < 4.78 is 16.0. The fourth-order valence-electron chi connectivity index (χ4n) is 1.76. The Kier molecular flexibility index (Phi) is 5.41. The topological polar surface area (TPSA) is 39.7 Å². The zero-order valence-electron chi connectivity index (χ0n) is 11.7. The quantitative estimate of drug-likeness (QED) is 0.784. The molecule has 0 aliphatic heterocycles. The minimum absolute atomic E-state index is 0.270. The Morgan fingerprint density at radius 1 is 0.900 bits per heavy atom. The summed E-state index contributed by atoms with van der Waals surface area (Å²) in [5, 5.41) is 3.24. The van der Waals surface area contributed by atoms with Crippen LogP contribution in [0.4, 0.5) is 5.69 Å². The molecule has 0 spiro atoms. The summed E-state index contributed by atoms with van der Waals surface area (Å²) in [5.74, 6) is 1.60. The highest BCUT2D eigenvalue weighted by molar-refractivity contribution is 5.49. The Hall–Kier alpha value is -2.04. The first-order chi connectivity index (χ1) is 9.81. The van der Waals surface area contributed by atoms with Crippen LogP contribution in [0, 0.1) is 0 Å². The minimum Gasteiger partial charge on any atom is -0.457 e. The van der Waals surface area contributed by atoms with Crippen LogP contribution in [0.2, 0.25) is 0 Å². The third-order valence-corrected chi connectivity index (χ3v) is 2.81. The molecular formula is C16H19NO3. The predicted molar refractivity (Wildman–Crippen MR) is 79.3 cm³/mol. The molecular weight excluding hydrogens is 254 g/mol. The lowest BCUT2D eigenvalue weighted by Crippen LogP contribution is -2.23. The molecule has 0 amide bonds. The Morgan fingerprint density at radius 3 is 2.30 bits per heavy atom. The summed E-state index contributed by atoms with van der Waals surface area (Å²) in [7, 11) is 3.23. The first-order valence-corrected chi connectivity index (χ1v) is 6.44. The van der Waals surface area contributed by atoms with E-state index in [1.54, 1.807) is 14.2 Å². The highest BCUT2D eigenvalue weighted by atomic mass is 16.7. The molecule has 2 rings (SSSR count). The van der Waals surface area contributed by atoms with Crippen molar-refractivity contribution in [2.75, 3.05) is 26.1 Å². The van der Waals surface area contributed by atoms with Gasteiger partial charge < -0.3 is 19.5 Å². The fourth-order valence-corrected chi connectivity index (χ4v) is 1.76. The van der Waals surface area contributed by atoms with Gasteiger partial charge in [-0.25, -0.2) is 0 Å². The lowest BCUT2D eigenvalue weighted by molar-refractivity contribution is -0.0914. The van der Waals surface area contributed by atoms with Gasteiger partial charge in [0.05, 0.1) is 6.54 Å². The molecule has 2 aromatic rings. The SMILES string of the molecule is COC(CNc1cccc(Oc2ccccc2)c1)OC. The summed E-state index contributed by atoms with van der Waals surface area (Å²) in [6.45, 7) is 0.571. The van der Waals surface area contributed by atoms with Gasteiger partial charge in [0.1, 0.15) is 11.5 Å². The van der Waals surface area contributed by atoms with Crippen LogP contribution in [0.15, 0.2) is 54.6 Å². The van der Waals surface area contributed by atoms with Crippen molar-refractivity contribution in [2.24, 2.45) is 0 Å². The summed E-state index contributed by atoms with van der Waals surface area (Å²) in [5.41, 5.74) is 0.956. The predicted octanol–water partition coefficient (Wildman–Crippen LogP) is 3.51. The Labute approximate surface area is 119 Å². The van der Waals surface area contributed by atoms with E-state index >= 15 is 0 Å². The van der Waals surface area contributed by atoms with E-state index in [9.17, 15) is 0 Å². The van der Waals surface area contributed by atoms with E-state index in [1.165, 1.54) is 0 Å². The third kappa shape index (κ3) is 4.26. The molecule has 0 heterocycles. The van der Waals surface area contributed by atoms with E-state index in [4.69, 9.17) is 14.2 Å². The third-order valence-electron chi connectivity index (χ3n) is 2.81. The summed E-state index contributed by atoms with van der Waals surface area (Å²) in [6.07, 6.45) is -0.270. The van der Waals surface area contributed by atoms with Crippen molar-refractivity contribution in [2.45, 2.75) is 6.29 Å². The van der Waals surface area contributed by atoms with Crippen LogP contribution >= 0.6 is 0 Å². The molecule has 0 unspecified atom stereocenters. The van der Waals surface area contributed by atoms with Crippen molar-refractivity contribution in [3.63, 3.8) is 0 Å². The van der Waals surface area contributed by atoms with Crippen LogP contribution in [-0.4, -0.2) is 27.1 Å². The number of hydrogen-bond donors (Lipinski definition) is 1. The van der Waals surface area contributed by atoms with Crippen LogP contribution < -0.4 is 10.1 Å². The molecule has 0 atom stereocenters. The molecule has 0 fully saturated rings. The van der Waals surface area contributed by atoms with Gasteiger partial charge in [-0.2, -0.15) is 0 Å². The molecule has 0 aliphatic carbocycles. The van der Waals surface area contributed by atoms with Gasteiger partial charge in [-0.1, -0.05) is 24.3 Å². The molecule has 4 nitrogen and oxygen atoms in total. The number of anilines is 1. The monoisotopic (exact) mass is 273 g/mol. The lowest BCUT2D eigenvalue weighted by Gasteiger charge is -2.15. The fraction of sp³-hybridized carbons (Fsp3) is 0.250. The van der Waals surface area contributed by atoms with Gasteiger partial charge in [-0.15, -0.1) is 0 Å². The van der Waals surface area contributed by atoms with Crippen molar-refractivity contribution in [3.8, 4) is 11.5 Å². The van der Waals surface area contributed by atoms with Gasteiger partial charge in [0, 0.05) is 26.0 Å². The van der Waals surface area contributed by atoms with Gasteiger partial charge in [-0.05, 0) is 24.3 Å². The van der Waals surface area contributed by atoms with Crippen molar-refractivity contribution in [3.05, 3.63) is 54.6 Å². The van der Waals surface area contributed by atoms with Crippen LogP contribution in [-0.2, 0) is 9.47 Å². The normalized spacial score (nSPS) is 10.6. The zero-order chi connectivity index (χ0) is 14.2. The van der Waals surface area contributed by atoms with E-state index in [0.29, 0.717) is 6.54 Å². The molecule has 0 bridgehead atoms. The second-order valence-corrected chi connectivity index (χ2v) is 4.22. The van der Waals surface area contributed by atoms with E-state index < -0.39 is 0 Å². The Balaban J connectivity index is 1.97. The summed E-state index contributed by atoms with van der Waals surface area (Å²) >= 11 is 0. The first kappa shape index (κ1) is 14.4. The molecule has 2 aromatic carbocycles. The van der Waals surface area contributed by atoms with Gasteiger partial charge in [0.2, 0.25) is 0 Å². The van der Waals surface area contributed by atoms with E-state index in [0.717, 1.165) is 17.2 Å². The average Bonchev–Trinajstić information content (AvgIpc) is 2.50. The standard InChI is InChI=1S/C16H19NO3/c1-18-16(19-2)12-17-13-7-6-10-15(11-13)20-14-8-4-3-5-9-14/h3-11,16-17H,12H2,1-2H3. The molecule has 20 heavy (non-hydrogen) atoms. The Bertz CT molecular complexity index is 512. The average molecular weight is 273 g/mol. The largest absolute Gasteiger partial charge is 0.457 e. The number of para-hydroxylation sites is 1. The molecule has 0 aromatic heterocycles. The number of ether oxygens (including phenoxy) is 3. The van der Waals surface area contributed by atoms with Crippen LogP contribution in [0.25, 0.3) is 0 Å². The van der Waals surface area contributed by atoms with Crippen molar-refractivity contribution in [1.29, 1.82) is 0 Å². The van der Waals surface area contributed by atoms with Crippen molar-refractivity contribution in [1.82, 2.24) is 0 Å². The van der Waals surface area contributed by atoms with E-state index in [-0.39, 0.29) is 6.29 Å². The second kappa shape index (κ2) is 7.53. The molecule has 0 saturated heterocycles. The van der Waals surface area contributed by atoms with Gasteiger partial charge in [-0.3, -0.25) is 0 Å². The maximum atomic E-state index is 5.78. The summed E-state index contributed by atoms with van der Waals surface area (Å²) in [6, 6.07) is 17.5. The molecule has 4 heteroatoms. The highest BCUT2D eigenvalue weighted by Crippen LogP contribution is 2.23. The number of benzene rings is 2. The van der Waals surface area contributed by atoms with Gasteiger partial charge in [0.25, 0.3) is 0 Å².